The molecule has 0 saturated carbocycles. The molecule has 0 atom stereocenters. The van der Waals surface area contributed by atoms with Gasteiger partial charge in [0, 0.05) is 25.5 Å². The van der Waals surface area contributed by atoms with Crippen LogP contribution < -0.4 is 4.90 Å². The number of hydrogen-bond donors (Lipinski definition) is 0. The topological polar surface area (TPSA) is 46.3 Å². The Hall–Kier alpha value is -2.43. The minimum Gasteiger partial charge on any atom is -0.353 e. The first kappa shape index (κ1) is 13.2. The first-order valence-electron chi connectivity index (χ1n) is 7.83. The van der Waals surface area contributed by atoms with Gasteiger partial charge in [0.15, 0.2) is 5.82 Å². The molecule has 1 fully saturated rings. The molecule has 1 aliphatic heterocycles. The minimum atomic E-state index is 0.760. The average molecular weight is 293 g/mol. The number of hydrogen-bond acceptors (Lipinski definition) is 4. The van der Waals surface area contributed by atoms with Crippen molar-refractivity contribution in [2.24, 2.45) is 5.92 Å². The summed E-state index contributed by atoms with van der Waals surface area (Å²) in [4.78, 5) is 6.85. The third-order valence-corrected chi connectivity index (χ3v) is 4.48. The normalized spacial score (nSPS) is 16.3. The highest BCUT2D eigenvalue weighted by Crippen LogP contribution is 2.26. The third-order valence-electron chi connectivity index (χ3n) is 4.48. The molecule has 0 N–H and O–H groups in total. The number of rotatable bonds is 3. The predicted molar refractivity (Wildman–Crippen MR) is 85.9 cm³/mol. The van der Waals surface area contributed by atoms with Crippen LogP contribution in [0.15, 0.2) is 49.1 Å². The maximum Gasteiger partial charge on any atom is 0.203 e. The van der Waals surface area contributed by atoms with Gasteiger partial charge in [0.2, 0.25) is 5.65 Å². The zero-order chi connectivity index (χ0) is 14.8. The van der Waals surface area contributed by atoms with Crippen LogP contribution in [-0.4, -0.2) is 32.7 Å². The van der Waals surface area contributed by atoms with Gasteiger partial charge in [-0.1, -0.05) is 30.3 Å². The van der Waals surface area contributed by atoms with E-state index in [9.17, 15) is 0 Å². The Bertz CT molecular complexity index is 744. The lowest BCUT2D eigenvalue weighted by Crippen LogP contribution is -2.35. The van der Waals surface area contributed by atoms with Crippen LogP contribution in [0, 0.1) is 5.92 Å². The van der Waals surface area contributed by atoms with Crippen molar-refractivity contribution in [3.63, 3.8) is 0 Å². The van der Waals surface area contributed by atoms with Crippen LogP contribution in [0.4, 0.5) is 5.82 Å². The largest absolute Gasteiger partial charge is 0.353 e. The van der Waals surface area contributed by atoms with E-state index in [0.29, 0.717) is 0 Å². The van der Waals surface area contributed by atoms with E-state index in [1.807, 2.05) is 16.8 Å². The van der Waals surface area contributed by atoms with Crippen molar-refractivity contribution < 1.29 is 0 Å². The van der Waals surface area contributed by atoms with Gasteiger partial charge in [0.25, 0.3) is 0 Å². The monoisotopic (exact) mass is 293 g/mol. The molecule has 5 heteroatoms. The Morgan fingerprint density at radius 2 is 1.91 bits per heavy atom. The fourth-order valence-corrected chi connectivity index (χ4v) is 3.26. The van der Waals surface area contributed by atoms with Gasteiger partial charge >= 0.3 is 0 Å². The van der Waals surface area contributed by atoms with Crippen LogP contribution in [0.25, 0.3) is 5.65 Å². The molecule has 0 spiro atoms. The highest BCUT2D eigenvalue weighted by Gasteiger charge is 2.22. The Labute approximate surface area is 129 Å². The maximum atomic E-state index is 4.51. The molecule has 1 saturated heterocycles. The Kier molecular flexibility index (Phi) is 3.46. The Morgan fingerprint density at radius 3 is 2.73 bits per heavy atom. The highest BCUT2D eigenvalue weighted by atomic mass is 15.3. The third kappa shape index (κ3) is 2.54. The van der Waals surface area contributed by atoms with Crippen molar-refractivity contribution in [3.8, 4) is 0 Å². The van der Waals surface area contributed by atoms with Gasteiger partial charge < -0.3 is 4.90 Å². The summed E-state index contributed by atoms with van der Waals surface area (Å²) in [6.07, 6.45) is 9.01. The van der Waals surface area contributed by atoms with Crippen molar-refractivity contribution in [2.45, 2.75) is 19.3 Å². The molecule has 22 heavy (non-hydrogen) atoms. The number of fused-ring (bicyclic) bond motifs is 1. The van der Waals surface area contributed by atoms with Gasteiger partial charge in [-0.15, -0.1) is 10.2 Å². The van der Waals surface area contributed by atoms with Crippen molar-refractivity contribution in [2.75, 3.05) is 18.0 Å². The molecule has 3 aromatic rings. The van der Waals surface area contributed by atoms with Gasteiger partial charge in [-0.2, -0.15) is 0 Å². The summed E-state index contributed by atoms with van der Waals surface area (Å²) in [6.45, 7) is 2.08. The number of piperidine rings is 1. The average Bonchev–Trinajstić information content (AvgIpc) is 3.05. The summed E-state index contributed by atoms with van der Waals surface area (Å²) < 4.78 is 1.93. The Morgan fingerprint density at radius 1 is 1.09 bits per heavy atom. The van der Waals surface area contributed by atoms with E-state index in [2.05, 4.69) is 50.4 Å². The van der Waals surface area contributed by atoms with Crippen molar-refractivity contribution in [1.82, 2.24) is 19.6 Å². The molecular weight excluding hydrogens is 274 g/mol. The summed E-state index contributed by atoms with van der Waals surface area (Å²) in [6, 6.07) is 10.8. The molecule has 112 valence electrons. The summed E-state index contributed by atoms with van der Waals surface area (Å²) in [5.74, 6) is 1.72. The lowest BCUT2D eigenvalue weighted by Gasteiger charge is -2.32. The zero-order valence-corrected chi connectivity index (χ0v) is 12.5. The molecule has 5 nitrogen and oxygen atoms in total. The van der Waals surface area contributed by atoms with Crippen molar-refractivity contribution in [1.29, 1.82) is 0 Å². The van der Waals surface area contributed by atoms with Gasteiger partial charge in [0.05, 0.1) is 0 Å². The van der Waals surface area contributed by atoms with Gasteiger partial charge in [-0.25, -0.2) is 4.98 Å². The van der Waals surface area contributed by atoms with Crippen LogP contribution in [-0.2, 0) is 6.42 Å². The maximum absolute atomic E-state index is 4.51. The van der Waals surface area contributed by atoms with Gasteiger partial charge in [0.1, 0.15) is 6.33 Å². The summed E-state index contributed by atoms with van der Waals surface area (Å²) in [5, 5.41) is 8.16. The molecule has 0 bridgehead atoms. The molecule has 0 amide bonds. The van der Waals surface area contributed by atoms with E-state index in [1.54, 1.807) is 6.33 Å². The highest BCUT2D eigenvalue weighted by molar-refractivity contribution is 5.63. The molecule has 0 radical (unpaired) electrons. The molecule has 3 heterocycles. The van der Waals surface area contributed by atoms with E-state index in [0.717, 1.165) is 30.5 Å². The molecule has 1 aliphatic rings. The van der Waals surface area contributed by atoms with E-state index in [4.69, 9.17) is 0 Å². The quantitative estimate of drug-likeness (QED) is 0.744. The van der Waals surface area contributed by atoms with E-state index < -0.39 is 0 Å². The lowest BCUT2D eigenvalue weighted by molar-refractivity contribution is 0.402. The van der Waals surface area contributed by atoms with Crippen LogP contribution in [0.2, 0.25) is 0 Å². The first-order chi connectivity index (χ1) is 10.9. The molecule has 2 aromatic heterocycles. The molecule has 0 unspecified atom stereocenters. The van der Waals surface area contributed by atoms with E-state index in [1.165, 1.54) is 24.8 Å². The van der Waals surface area contributed by atoms with E-state index >= 15 is 0 Å². The molecule has 0 aliphatic carbocycles. The minimum absolute atomic E-state index is 0.760. The van der Waals surface area contributed by atoms with Crippen molar-refractivity contribution >= 4 is 11.5 Å². The number of benzene rings is 1. The SMILES string of the molecule is c1ccc(CC2CCN(c3nccn4cnnc34)CC2)cc1. The fourth-order valence-electron chi connectivity index (χ4n) is 3.26. The fraction of sp³-hybridized carbons (Fsp3) is 0.353. The van der Waals surface area contributed by atoms with Crippen LogP contribution in [0.5, 0.6) is 0 Å². The number of nitrogens with zero attached hydrogens (tertiary/aromatic N) is 5. The molecule has 1 aromatic carbocycles. The number of aromatic nitrogens is 4. The predicted octanol–water partition coefficient (Wildman–Crippen LogP) is 2.58. The van der Waals surface area contributed by atoms with Crippen molar-refractivity contribution in [3.05, 3.63) is 54.6 Å². The zero-order valence-electron chi connectivity index (χ0n) is 12.5. The van der Waals surface area contributed by atoms with Crippen LogP contribution in [0.3, 0.4) is 0 Å². The summed E-state index contributed by atoms with van der Waals surface area (Å²) in [7, 11) is 0. The van der Waals surface area contributed by atoms with Gasteiger partial charge in [-0.05, 0) is 30.7 Å². The van der Waals surface area contributed by atoms with Crippen LogP contribution >= 0.6 is 0 Å². The lowest BCUT2D eigenvalue weighted by atomic mass is 9.90. The second-order valence-electron chi connectivity index (χ2n) is 5.93. The standard InChI is InChI=1S/C17H19N5/c1-2-4-14(5-3-1)12-15-6-9-21(10-7-15)16-17-20-19-13-22(17)11-8-18-16/h1-5,8,11,13,15H,6-7,9-10,12H2. The van der Waals surface area contributed by atoms with Crippen LogP contribution in [0.1, 0.15) is 18.4 Å². The molecular formula is C17H19N5. The first-order valence-corrected chi connectivity index (χ1v) is 7.83. The Balaban J connectivity index is 1.45. The second kappa shape index (κ2) is 5.75. The number of anilines is 1. The van der Waals surface area contributed by atoms with E-state index in [-0.39, 0.29) is 0 Å². The second-order valence-corrected chi connectivity index (χ2v) is 5.93. The smallest absolute Gasteiger partial charge is 0.203 e. The molecule has 4 rings (SSSR count). The summed E-state index contributed by atoms with van der Waals surface area (Å²) >= 11 is 0. The van der Waals surface area contributed by atoms with Gasteiger partial charge in [-0.3, -0.25) is 4.40 Å². The summed E-state index contributed by atoms with van der Waals surface area (Å²) in [5.41, 5.74) is 2.29.